The van der Waals surface area contributed by atoms with Gasteiger partial charge in [-0.15, -0.1) is 0 Å². The van der Waals surface area contributed by atoms with Gasteiger partial charge in [0.1, 0.15) is 0 Å². The van der Waals surface area contributed by atoms with Gasteiger partial charge in [0.2, 0.25) is 10.0 Å². The summed E-state index contributed by atoms with van der Waals surface area (Å²) in [5, 5.41) is 0. The zero-order chi connectivity index (χ0) is 16.5. The third-order valence-corrected chi connectivity index (χ3v) is 4.96. The summed E-state index contributed by atoms with van der Waals surface area (Å²) in [4.78, 5) is -0.303. The highest BCUT2D eigenvalue weighted by atomic mass is 32.2. The first-order valence-electron chi connectivity index (χ1n) is 6.75. The van der Waals surface area contributed by atoms with Crippen molar-refractivity contribution in [3.8, 4) is 0 Å². The van der Waals surface area contributed by atoms with Crippen molar-refractivity contribution in [2.75, 3.05) is 0 Å². The van der Waals surface area contributed by atoms with Gasteiger partial charge >= 0.3 is 0 Å². The fourth-order valence-electron chi connectivity index (χ4n) is 2.32. The molecule has 0 aromatic heterocycles. The third-order valence-electron chi connectivity index (χ3n) is 3.43. The lowest BCUT2D eigenvalue weighted by Gasteiger charge is -2.17. The Labute approximate surface area is 129 Å². The highest BCUT2D eigenvalue weighted by Crippen LogP contribution is 2.22. The summed E-state index contributed by atoms with van der Waals surface area (Å²) in [6.07, 6.45) is 0. The quantitative estimate of drug-likeness (QED) is 0.933. The lowest BCUT2D eigenvalue weighted by molar-refractivity contribution is 0.503. The molecule has 0 saturated carbocycles. The standard InChI is InChI=1S/C16H17F2NO2S/c1-10-4-6-14(11(2)8-10)12(3)19-22(20,21)13-5-7-15(17)16(18)9-13/h4-9,12,19H,1-3H3/t12-/m1/s1. The number of rotatable bonds is 4. The van der Waals surface area contributed by atoms with Gasteiger partial charge in [-0.05, 0) is 50.1 Å². The molecule has 0 aliphatic heterocycles. The number of aryl methyl sites for hydroxylation is 2. The van der Waals surface area contributed by atoms with E-state index in [9.17, 15) is 17.2 Å². The fraction of sp³-hybridized carbons (Fsp3) is 0.250. The van der Waals surface area contributed by atoms with E-state index in [0.29, 0.717) is 6.07 Å². The second kappa shape index (κ2) is 6.14. The molecule has 2 rings (SSSR count). The minimum atomic E-state index is -3.93. The summed E-state index contributed by atoms with van der Waals surface area (Å²) in [5.41, 5.74) is 2.87. The lowest BCUT2D eigenvalue weighted by atomic mass is 10.0. The van der Waals surface area contributed by atoms with Crippen LogP contribution in [0.3, 0.4) is 0 Å². The van der Waals surface area contributed by atoms with Gasteiger partial charge in [-0.2, -0.15) is 0 Å². The number of benzene rings is 2. The molecular formula is C16H17F2NO2S. The lowest BCUT2D eigenvalue weighted by Crippen LogP contribution is -2.27. The van der Waals surface area contributed by atoms with Crippen molar-refractivity contribution in [3.05, 3.63) is 64.7 Å². The fourth-order valence-corrected chi connectivity index (χ4v) is 3.55. The van der Waals surface area contributed by atoms with E-state index in [1.165, 1.54) is 0 Å². The maximum absolute atomic E-state index is 13.2. The Kier molecular flexibility index (Phi) is 4.63. The SMILES string of the molecule is Cc1ccc([C@@H](C)NS(=O)(=O)c2ccc(F)c(F)c2)c(C)c1. The van der Waals surface area contributed by atoms with E-state index in [1.807, 2.05) is 32.0 Å². The molecule has 0 amide bonds. The summed E-state index contributed by atoms with van der Waals surface area (Å²) in [6, 6.07) is 7.72. The highest BCUT2D eigenvalue weighted by molar-refractivity contribution is 7.89. The van der Waals surface area contributed by atoms with Gasteiger partial charge in [0.05, 0.1) is 4.90 Å². The molecule has 0 aliphatic rings. The average molecular weight is 325 g/mol. The van der Waals surface area contributed by atoms with Gasteiger partial charge in [0, 0.05) is 6.04 Å². The molecule has 0 saturated heterocycles. The minimum Gasteiger partial charge on any atom is -0.207 e. The van der Waals surface area contributed by atoms with Crippen LogP contribution < -0.4 is 4.72 Å². The summed E-state index contributed by atoms with van der Waals surface area (Å²) in [7, 11) is -3.93. The number of hydrogen-bond donors (Lipinski definition) is 1. The molecule has 2 aromatic carbocycles. The Balaban J connectivity index is 2.29. The van der Waals surface area contributed by atoms with Gasteiger partial charge in [0.25, 0.3) is 0 Å². The number of sulfonamides is 1. The van der Waals surface area contributed by atoms with E-state index >= 15 is 0 Å². The molecule has 6 heteroatoms. The van der Waals surface area contributed by atoms with Crippen molar-refractivity contribution in [2.24, 2.45) is 0 Å². The van der Waals surface area contributed by atoms with Crippen molar-refractivity contribution >= 4 is 10.0 Å². The average Bonchev–Trinajstić information content (AvgIpc) is 2.40. The number of halogens is 2. The zero-order valence-electron chi connectivity index (χ0n) is 12.5. The van der Waals surface area contributed by atoms with Gasteiger partial charge in [-0.25, -0.2) is 21.9 Å². The third kappa shape index (κ3) is 3.51. The van der Waals surface area contributed by atoms with Crippen molar-refractivity contribution in [3.63, 3.8) is 0 Å². The molecule has 118 valence electrons. The van der Waals surface area contributed by atoms with Crippen LogP contribution in [0.2, 0.25) is 0 Å². The second-order valence-corrected chi connectivity index (χ2v) is 6.99. The summed E-state index contributed by atoms with van der Waals surface area (Å²) in [6.45, 7) is 5.55. The number of nitrogens with one attached hydrogen (secondary N) is 1. The Hall–Kier alpha value is -1.79. The Bertz CT molecular complexity index is 804. The topological polar surface area (TPSA) is 46.2 Å². The zero-order valence-corrected chi connectivity index (χ0v) is 13.3. The van der Waals surface area contributed by atoms with Crippen LogP contribution >= 0.6 is 0 Å². The van der Waals surface area contributed by atoms with Crippen molar-refractivity contribution < 1.29 is 17.2 Å². The summed E-state index contributed by atoms with van der Waals surface area (Å²) in [5.74, 6) is -2.27. The molecule has 0 bridgehead atoms. The van der Waals surface area contributed by atoms with Crippen LogP contribution in [0, 0.1) is 25.5 Å². The van der Waals surface area contributed by atoms with E-state index in [-0.39, 0.29) is 4.90 Å². The van der Waals surface area contributed by atoms with Crippen LogP contribution in [0.5, 0.6) is 0 Å². The molecule has 22 heavy (non-hydrogen) atoms. The van der Waals surface area contributed by atoms with Crippen LogP contribution in [-0.4, -0.2) is 8.42 Å². The van der Waals surface area contributed by atoms with E-state index < -0.39 is 27.7 Å². The maximum Gasteiger partial charge on any atom is 0.241 e. The largest absolute Gasteiger partial charge is 0.241 e. The van der Waals surface area contributed by atoms with E-state index in [2.05, 4.69) is 4.72 Å². The van der Waals surface area contributed by atoms with Gasteiger partial charge in [-0.3, -0.25) is 0 Å². The van der Waals surface area contributed by atoms with Crippen molar-refractivity contribution in [1.29, 1.82) is 0 Å². The predicted molar refractivity (Wildman–Crippen MR) is 81.0 cm³/mol. The maximum atomic E-state index is 13.2. The first-order chi connectivity index (χ1) is 10.2. The van der Waals surface area contributed by atoms with Gasteiger partial charge in [-0.1, -0.05) is 23.8 Å². The normalized spacial score (nSPS) is 13.1. The summed E-state index contributed by atoms with van der Waals surface area (Å²) >= 11 is 0. The van der Waals surface area contributed by atoms with Crippen LogP contribution in [0.4, 0.5) is 8.78 Å². The molecule has 0 fully saturated rings. The molecule has 0 radical (unpaired) electrons. The van der Waals surface area contributed by atoms with Crippen molar-refractivity contribution in [1.82, 2.24) is 4.72 Å². The van der Waals surface area contributed by atoms with Gasteiger partial charge < -0.3 is 0 Å². The first kappa shape index (κ1) is 16.6. The monoisotopic (exact) mass is 325 g/mol. The van der Waals surface area contributed by atoms with Crippen LogP contribution in [-0.2, 0) is 10.0 Å². The molecule has 2 aromatic rings. The molecule has 0 aliphatic carbocycles. The smallest absolute Gasteiger partial charge is 0.207 e. The number of hydrogen-bond acceptors (Lipinski definition) is 2. The highest BCUT2D eigenvalue weighted by Gasteiger charge is 2.20. The van der Waals surface area contributed by atoms with Crippen LogP contribution in [0.25, 0.3) is 0 Å². The van der Waals surface area contributed by atoms with Crippen molar-refractivity contribution in [2.45, 2.75) is 31.7 Å². The van der Waals surface area contributed by atoms with Crippen LogP contribution in [0.15, 0.2) is 41.3 Å². The molecule has 3 nitrogen and oxygen atoms in total. The van der Waals surface area contributed by atoms with E-state index in [0.717, 1.165) is 28.8 Å². The predicted octanol–water partition coefficient (Wildman–Crippen LogP) is 3.62. The van der Waals surface area contributed by atoms with E-state index in [1.54, 1.807) is 6.92 Å². The molecule has 0 unspecified atom stereocenters. The second-order valence-electron chi connectivity index (χ2n) is 5.28. The first-order valence-corrected chi connectivity index (χ1v) is 8.23. The summed E-state index contributed by atoms with van der Waals surface area (Å²) < 4.78 is 53.1. The molecule has 0 spiro atoms. The molecular weight excluding hydrogens is 308 g/mol. The molecule has 1 atom stereocenters. The Morgan fingerprint density at radius 2 is 1.68 bits per heavy atom. The molecule has 1 N–H and O–H groups in total. The van der Waals surface area contributed by atoms with E-state index in [4.69, 9.17) is 0 Å². The van der Waals surface area contributed by atoms with Gasteiger partial charge in [0.15, 0.2) is 11.6 Å². The molecule has 0 heterocycles. The van der Waals surface area contributed by atoms with Crippen LogP contribution in [0.1, 0.15) is 29.7 Å². The minimum absolute atomic E-state index is 0.303. The Morgan fingerprint density at radius 3 is 2.27 bits per heavy atom. The Morgan fingerprint density at radius 1 is 1.00 bits per heavy atom.